The molecule has 35 heavy (non-hydrogen) atoms. The van der Waals surface area contributed by atoms with Gasteiger partial charge in [0, 0.05) is 13.1 Å². The lowest BCUT2D eigenvalue weighted by molar-refractivity contribution is -0.139. The lowest BCUT2D eigenvalue weighted by Gasteiger charge is -2.28. The Balaban J connectivity index is 1.36. The fourth-order valence-corrected chi connectivity index (χ4v) is 4.40. The summed E-state index contributed by atoms with van der Waals surface area (Å²) >= 11 is 0.812. The van der Waals surface area contributed by atoms with Crippen molar-refractivity contribution in [3.8, 4) is 17.2 Å². The predicted molar refractivity (Wildman–Crippen MR) is 131 cm³/mol. The second kappa shape index (κ2) is 11.8. The topological polar surface area (TPSA) is 94.6 Å². The number of carbonyl (C=O) groups excluding carboxylic acids is 3. The summed E-state index contributed by atoms with van der Waals surface area (Å²) in [5.41, 5.74) is 0.666. The number of rotatable bonds is 9. The molecule has 0 N–H and O–H groups in total. The van der Waals surface area contributed by atoms with E-state index in [2.05, 4.69) is 0 Å². The van der Waals surface area contributed by atoms with E-state index < -0.39 is 11.1 Å². The Hall–Kier alpha value is -3.50. The van der Waals surface area contributed by atoms with Gasteiger partial charge in [-0.05, 0) is 47.7 Å². The smallest absolute Gasteiger partial charge is 0.294 e. The van der Waals surface area contributed by atoms with Gasteiger partial charge >= 0.3 is 0 Å². The Labute approximate surface area is 207 Å². The molecular formula is C25H26N2O7S. The average Bonchev–Trinajstić information content (AvgIpc) is 3.15. The fourth-order valence-electron chi connectivity index (χ4n) is 3.56. The molecular weight excluding hydrogens is 472 g/mol. The molecule has 10 heteroatoms. The van der Waals surface area contributed by atoms with Crippen LogP contribution in [0.1, 0.15) is 5.56 Å². The number of benzene rings is 2. The van der Waals surface area contributed by atoms with E-state index in [-0.39, 0.29) is 17.4 Å². The number of morpholine rings is 1. The molecule has 9 nitrogen and oxygen atoms in total. The predicted octanol–water partition coefficient (Wildman–Crippen LogP) is 3.05. The molecule has 184 valence electrons. The number of imide groups is 1. The van der Waals surface area contributed by atoms with Crippen LogP contribution in [0.15, 0.2) is 53.4 Å². The molecule has 2 saturated heterocycles. The second-order valence-electron chi connectivity index (χ2n) is 7.68. The normalized spacial score (nSPS) is 17.1. The Morgan fingerprint density at radius 2 is 1.77 bits per heavy atom. The first-order valence-electron chi connectivity index (χ1n) is 11.1. The SMILES string of the molecule is COc1cc(/C=C2\SC(=O)N(CC(=O)N3CCOCC3)C2=O)ccc1OCCOc1ccccc1. The Morgan fingerprint density at radius 3 is 2.51 bits per heavy atom. The van der Waals surface area contributed by atoms with Crippen molar-refractivity contribution < 1.29 is 33.3 Å². The van der Waals surface area contributed by atoms with E-state index in [1.807, 2.05) is 30.3 Å². The number of ether oxygens (including phenoxy) is 4. The highest BCUT2D eigenvalue weighted by Crippen LogP contribution is 2.34. The maximum absolute atomic E-state index is 12.8. The van der Waals surface area contributed by atoms with Gasteiger partial charge in [-0.3, -0.25) is 19.3 Å². The number of thioether (sulfide) groups is 1. The summed E-state index contributed by atoms with van der Waals surface area (Å²) in [5.74, 6) is 1.03. The van der Waals surface area contributed by atoms with Crippen molar-refractivity contribution in [2.45, 2.75) is 0 Å². The van der Waals surface area contributed by atoms with Gasteiger partial charge in [0.1, 0.15) is 25.5 Å². The van der Waals surface area contributed by atoms with Gasteiger partial charge in [0.2, 0.25) is 5.91 Å². The first-order valence-corrected chi connectivity index (χ1v) is 12.0. The van der Waals surface area contributed by atoms with Gasteiger partial charge in [-0.15, -0.1) is 0 Å². The molecule has 2 aromatic rings. The molecule has 2 aliphatic rings. The summed E-state index contributed by atoms with van der Waals surface area (Å²) in [4.78, 5) is 40.5. The molecule has 0 saturated carbocycles. The van der Waals surface area contributed by atoms with Gasteiger partial charge in [-0.2, -0.15) is 0 Å². The lowest BCUT2D eigenvalue weighted by Crippen LogP contribution is -2.46. The second-order valence-corrected chi connectivity index (χ2v) is 8.67. The third kappa shape index (κ3) is 6.34. The molecule has 2 aromatic carbocycles. The van der Waals surface area contributed by atoms with Crippen LogP contribution in [0, 0.1) is 0 Å². The maximum Gasteiger partial charge on any atom is 0.294 e. The quantitative estimate of drug-likeness (QED) is 0.385. The molecule has 0 bridgehead atoms. The summed E-state index contributed by atoms with van der Waals surface area (Å²) in [6, 6.07) is 14.7. The zero-order valence-corrected chi connectivity index (χ0v) is 20.1. The molecule has 0 unspecified atom stereocenters. The standard InChI is InChI=1S/C25H26N2O7S/c1-31-21-15-18(7-8-20(21)34-14-13-33-19-5-3-2-4-6-19)16-22-24(29)27(25(30)35-22)17-23(28)26-9-11-32-12-10-26/h2-8,15-16H,9-14,17H2,1H3/b22-16-. The maximum atomic E-state index is 12.8. The van der Waals surface area contributed by atoms with Crippen LogP contribution in [0.3, 0.4) is 0 Å². The van der Waals surface area contributed by atoms with Crippen LogP contribution in [-0.2, 0) is 14.3 Å². The molecule has 0 aliphatic carbocycles. The zero-order chi connectivity index (χ0) is 24.6. The van der Waals surface area contributed by atoms with Gasteiger partial charge in [-0.1, -0.05) is 24.3 Å². The number of methoxy groups -OCH3 is 1. The van der Waals surface area contributed by atoms with Gasteiger partial charge in [0.15, 0.2) is 11.5 Å². The molecule has 2 fully saturated rings. The highest BCUT2D eigenvalue weighted by Gasteiger charge is 2.37. The van der Waals surface area contributed by atoms with Crippen molar-refractivity contribution >= 4 is 34.9 Å². The van der Waals surface area contributed by atoms with Crippen LogP contribution >= 0.6 is 11.8 Å². The van der Waals surface area contributed by atoms with Gasteiger partial charge in [0.25, 0.3) is 11.1 Å². The molecule has 2 aliphatic heterocycles. The lowest BCUT2D eigenvalue weighted by atomic mass is 10.2. The van der Waals surface area contributed by atoms with E-state index in [0.29, 0.717) is 56.6 Å². The molecule has 0 spiro atoms. The van der Waals surface area contributed by atoms with Gasteiger partial charge in [0.05, 0.1) is 25.2 Å². The van der Waals surface area contributed by atoms with E-state index in [9.17, 15) is 14.4 Å². The van der Waals surface area contributed by atoms with E-state index in [1.54, 1.807) is 29.2 Å². The van der Waals surface area contributed by atoms with Crippen molar-refractivity contribution in [2.24, 2.45) is 0 Å². The molecule has 0 aromatic heterocycles. The van der Waals surface area contributed by atoms with Gasteiger partial charge < -0.3 is 23.8 Å². The Morgan fingerprint density at radius 1 is 1.03 bits per heavy atom. The first-order chi connectivity index (χ1) is 17.0. The van der Waals surface area contributed by atoms with Gasteiger partial charge in [-0.25, -0.2) is 0 Å². The highest BCUT2D eigenvalue weighted by molar-refractivity contribution is 8.18. The van der Waals surface area contributed by atoms with Crippen molar-refractivity contribution in [2.75, 3.05) is 53.2 Å². The van der Waals surface area contributed by atoms with Crippen LogP contribution in [0.25, 0.3) is 6.08 Å². The summed E-state index contributed by atoms with van der Waals surface area (Å²) in [6.45, 7) is 2.23. The number of amides is 3. The fraction of sp³-hybridized carbons (Fsp3) is 0.320. The van der Waals surface area contributed by atoms with E-state index in [1.165, 1.54) is 7.11 Å². The molecule has 2 heterocycles. The van der Waals surface area contributed by atoms with Crippen molar-refractivity contribution in [3.63, 3.8) is 0 Å². The van der Waals surface area contributed by atoms with Crippen LogP contribution in [0.2, 0.25) is 0 Å². The minimum Gasteiger partial charge on any atom is -0.493 e. The minimum atomic E-state index is -0.487. The van der Waals surface area contributed by atoms with Crippen molar-refractivity contribution in [1.29, 1.82) is 0 Å². The largest absolute Gasteiger partial charge is 0.493 e. The zero-order valence-electron chi connectivity index (χ0n) is 19.3. The highest BCUT2D eigenvalue weighted by atomic mass is 32.2. The Bertz CT molecular complexity index is 1100. The summed E-state index contributed by atoms with van der Waals surface area (Å²) < 4.78 is 22.1. The molecule has 4 rings (SSSR count). The number of para-hydroxylation sites is 1. The number of nitrogens with zero attached hydrogens (tertiary/aromatic N) is 2. The third-order valence-corrected chi connectivity index (χ3v) is 6.28. The van der Waals surface area contributed by atoms with E-state index >= 15 is 0 Å². The van der Waals surface area contributed by atoms with Crippen molar-refractivity contribution in [1.82, 2.24) is 9.80 Å². The molecule has 0 radical (unpaired) electrons. The third-order valence-electron chi connectivity index (χ3n) is 5.37. The van der Waals surface area contributed by atoms with E-state index in [0.717, 1.165) is 22.4 Å². The van der Waals surface area contributed by atoms with Crippen molar-refractivity contribution in [3.05, 3.63) is 59.0 Å². The molecule has 3 amide bonds. The first kappa shape index (κ1) is 24.6. The number of hydrogen-bond acceptors (Lipinski definition) is 8. The van der Waals surface area contributed by atoms with Crippen LogP contribution in [0.4, 0.5) is 4.79 Å². The van der Waals surface area contributed by atoms with Crippen LogP contribution in [-0.4, -0.2) is 80.0 Å². The molecule has 0 atom stereocenters. The van der Waals surface area contributed by atoms with Crippen LogP contribution in [0.5, 0.6) is 17.2 Å². The summed E-state index contributed by atoms with van der Waals surface area (Å²) in [5, 5.41) is -0.465. The monoisotopic (exact) mass is 498 g/mol. The number of carbonyl (C=O) groups is 3. The average molecular weight is 499 g/mol. The summed E-state index contributed by atoms with van der Waals surface area (Å²) in [7, 11) is 1.53. The minimum absolute atomic E-state index is 0.247. The number of hydrogen-bond donors (Lipinski definition) is 0. The Kier molecular flexibility index (Phi) is 8.27. The van der Waals surface area contributed by atoms with Crippen LogP contribution < -0.4 is 14.2 Å². The summed E-state index contributed by atoms with van der Waals surface area (Å²) in [6.07, 6.45) is 1.61. The van der Waals surface area contributed by atoms with E-state index in [4.69, 9.17) is 18.9 Å².